The van der Waals surface area contributed by atoms with E-state index in [1.165, 1.54) is 17.0 Å². The van der Waals surface area contributed by atoms with E-state index in [9.17, 15) is 19.1 Å². The Balaban J connectivity index is 1.46. The van der Waals surface area contributed by atoms with Gasteiger partial charge in [0.1, 0.15) is 12.4 Å². The minimum absolute atomic E-state index is 0.144. The topological polar surface area (TPSA) is 99.3 Å². The van der Waals surface area contributed by atoms with Crippen molar-refractivity contribution in [2.45, 2.75) is 31.0 Å². The number of ether oxygens (including phenoxy) is 1. The van der Waals surface area contributed by atoms with E-state index in [1.807, 2.05) is 12.1 Å². The third kappa shape index (κ3) is 7.32. The zero-order valence-corrected chi connectivity index (χ0v) is 22.5. The van der Waals surface area contributed by atoms with Crippen LogP contribution in [0.15, 0.2) is 66.7 Å². The summed E-state index contributed by atoms with van der Waals surface area (Å²) in [6.07, 6.45) is 0.502. The van der Waals surface area contributed by atoms with Crippen LogP contribution in [0.5, 0.6) is 0 Å². The SMILES string of the molecule is CN(C)C(=O)OC[C@H](Cc1ccc2ccccc2c1)N1CCN(C(=O)C(N)Cc2ccc(F)cc2)C(CO)C1. The highest BCUT2D eigenvalue weighted by molar-refractivity contribution is 5.83. The van der Waals surface area contributed by atoms with Crippen LogP contribution in [0, 0.1) is 5.82 Å². The molecule has 3 atom stereocenters. The molecule has 3 aromatic carbocycles. The molecule has 39 heavy (non-hydrogen) atoms. The Morgan fingerprint density at radius 2 is 1.72 bits per heavy atom. The molecule has 0 saturated carbocycles. The lowest BCUT2D eigenvalue weighted by Gasteiger charge is -2.44. The lowest BCUT2D eigenvalue weighted by Crippen LogP contribution is -2.62. The van der Waals surface area contributed by atoms with Crippen LogP contribution in [0.3, 0.4) is 0 Å². The average molecular weight is 537 g/mol. The van der Waals surface area contributed by atoms with E-state index >= 15 is 0 Å². The molecule has 2 amide bonds. The Labute approximate surface area is 228 Å². The number of amides is 2. The normalized spacial score (nSPS) is 17.6. The van der Waals surface area contributed by atoms with Crippen molar-refractivity contribution in [2.75, 3.05) is 46.9 Å². The number of benzene rings is 3. The fourth-order valence-electron chi connectivity index (χ4n) is 5.06. The molecule has 1 heterocycles. The molecule has 4 rings (SSSR count). The highest BCUT2D eigenvalue weighted by Crippen LogP contribution is 2.21. The molecular weight excluding hydrogens is 499 g/mol. The molecule has 1 saturated heterocycles. The van der Waals surface area contributed by atoms with Crippen LogP contribution in [0.1, 0.15) is 11.1 Å². The van der Waals surface area contributed by atoms with E-state index in [0.29, 0.717) is 26.1 Å². The number of aliphatic hydroxyl groups excluding tert-OH is 1. The predicted octanol–water partition coefficient (Wildman–Crippen LogP) is 2.66. The molecule has 0 aliphatic carbocycles. The maximum Gasteiger partial charge on any atom is 0.409 e. The zero-order chi connectivity index (χ0) is 27.9. The summed E-state index contributed by atoms with van der Waals surface area (Å²) in [5, 5.41) is 12.5. The molecule has 8 nitrogen and oxygen atoms in total. The summed E-state index contributed by atoms with van der Waals surface area (Å²) < 4.78 is 18.8. The Hall–Kier alpha value is -3.53. The van der Waals surface area contributed by atoms with Crippen molar-refractivity contribution in [1.82, 2.24) is 14.7 Å². The van der Waals surface area contributed by atoms with Gasteiger partial charge in [-0.15, -0.1) is 0 Å². The van der Waals surface area contributed by atoms with Gasteiger partial charge in [-0.05, 0) is 46.9 Å². The van der Waals surface area contributed by atoms with Crippen molar-refractivity contribution in [2.24, 2.45) is 5.73 Å². The predicted molar refractivity (Wildman–Crippen MR) is 149 cm³/mol. The number of fused-ring (bicyclic) bond motifs is 1. The summed E-state index contributed by atoms with van der Waals surface area (Å²) in [6, 6.07) is 19.0. The fraction of sp³-hybridized carbons (Fsp3) is 0.400. The summed E-state index contributed by atoms with van der Waals surface area (Å²) in [5.41, 5.74) is 8.13. The van der Waals surface area contributed by atoms with Gasteiger partial charge in [0, 0.05) is 39.8 Å². The first kappa shape index (κ1) is 28.5. The maximum absolute atomic E-state index is 13.2. The molecule has 1 aliphatic rings. The van der Waals surface area contributed by atoms with Crippen LogP contribution in [-0.2, 0) is 22.4 Å². The molecule has 0 aromatic heterocycles. The molecular formula is C30H37FN4O4. The van der Waals surface area contributed by atoms with E-state index in [2.05, 4.69) is 35.2 Å². The second-order valence-electron chi connectivity index (χ2n) is 10.3. The fourth-order valence-corrected chi connectivity index (χ4v) is 5.06. The van der Waals surface area contributed by atoms with Gasteiger partial charge in [-0.1, -0.05) is 54.6 Å². The van der Waals surface area contributed by atoms with Gasteiger partial charge in [0.25, 0.3) is 0 Å². The van der Waals surface area contributed by atoms with Gasteiger partial charge in [-0.2, -0.15) is 0 Å². The number of halogens is 1. The molecule has 3 aromatic rings. The molecule has 3 N–H and O–H groups in total. The summed E-state index contributed by atoms with van der Waals surface area (Å²) >= 11 is 0. The second kappa shape index (κ2) is 13.0. The Morgan fingerprint density at radius 1 is 1.03 bits per heavy atom. The van der Waals surface area contributed by atoms with E-state index in [-0.39, 0.29) is 37.4 Å². The molecule has 2 unspecified atom stereocenters. The van der Waals surface area contributed by atoms with Crippen LogP contribution in [0.25, 0.3) is 10.8 Å². The number of nitrogens with zero attached hydrogens (tertiary/aromatic N) is 3. The number of carbonyl (C=O) groups excluding carboxylic acids is 2. The first-order chi connectivity index (χ1) is 18.7. The van der Waals surface area contributed by atoms with Crippen molar-refractivity contribution in [3.63, 3.8) is 0 Å². The Morgan fingerprint density at radius 3 is 2.41 bits per heavy atom. The Kier molecular flexibility index (Phi) is 9.50. The van der Waals surface area contributed by atoms with Crippen LogP contribution in [0.4, 0.5) is 9.18 Å². The van der Waals surface area contributed by atoms with Crippen LogP contribution >= 0.6 is 0 Å². The monoisotopic (exact) mass is 536 g/mol. The molecule has 9 heteroatoms. The van der Waals surface area contributed by atoms with Crippen LogP contribution < -0.4 is 5.73 Å². The lowest BCUT2D eigenvalue weighted by atomic mass is 9.99. The number of nitrogens with two attached hydrogens (primary N) is 1. The quantitative estimate of drug-likeness (QED) is 0.436. The first-order valence-electron chi connectivity index (χ1n) is 13.2. The van der Waals surface area contributed by atoms with Gasteiger partial charge in [0.2, 0.25) is 5.91 Å². The number of rotatable bonds is 9. The maximum atomic E-state index is 13.2. The molecule has 208 valence electrons. The summed E-state index contributed by atoms with van der Waals surface area (Å²) in [6.45, 7) is 1.31. The van der Waals surface area contributed by atoms with Gasteiger partial charge in [0.05, 0.1) is 18.7 Å². The average Bonchev–Trinajstić information content (AvgIpc) is 2.95. The number of hydrogen-bond donors (Lipinski definition) is 2. The largest absolute Gasteiger partial charge is 0.448 e. The number of aliphatic hydroxyl groups is 1. The standard InChI is InChI=1S/C30H37FN4O4/c1-33(2)30(38)39-20-26(16-22-7-10-23-5-3-4-6-24(23)15-22)34-13-14-35(27(18-34)19-36)29(37)28(32)17-21-8-11-25(31)12-9-21/h3-12,15,26-28,36H,13-14,16-20,32H2,1-2H3/t26-,27?,28?/m0/s1. The Bertz CT molecular complexity index is 1270. The van der Waals surface area contributed by atoms with Crippen molar-refractivity contribution in [3.05, 3.63) is 83.7 Å². The summed E-state index contributed by atoms with van der Waals surface area (Å²) in [7, 11) is 3.28. The van der Waals surface area contributed by atoms with Crippen LogP contribution in [-0.4, -0.2) is 96.9 Å². The number of piperazine rings is 1. The highest BCUT2D eigenvalue weighted by Gasteiger charge is 2.35. The summed E-state index contributed by atoms with van der Waals surface area (Å²) in [4.78, 5) is 30.7. The van der Waals surface area contributed by atoms with Gasteiger partial charge in [-0.3, -0.25) is 9.69 Å². The van der Waals surface area contributed by atoms with E-state index in [4.69, 9.17) is 10.5 Å². The molecule has 1 fully saturated rings. The van der Waals surface area contributed by atoms with E-state index in [0.717, 1.165) is 21.9 Å². The zero-order valence-electron chi connectivity index (χ0n) is 22.5. The lowest BCUT2D eigenvalue weighted by molar-refractivity contribution is -0.139. The number of carbonyl (C=O) groups is 2. The van der Waals surface area contributed by atoms with Crippen molar-refractivity contribution >= 4 is 22.8 Å². The van der Waals surface area contributed by atoms with Crippen LogP contribution in [0.2, 0.25) is 0 Å². The van der Waals surface area contributed by atoms with Gasteiger partial charge < -0.3 is 25.4 Å². The van der Waals surface area contributed by atoms with Crippen molar-refractivity contribution < 1.29 is 23.8 Å². The van der Waals surface area contributed by atoms with Gasteiger partial charge >= 0.3 is 6.09 Å². The number of hydrogen-bond acceptors (Lipinski definition) is 6. The molecule has 0 spiro atoms. The van der Waals surface area contributed by atoms with E-state index in [1.54, 1.807) is 31.1 Å². The van der Waals surface area contributed by atoms with E-state index < -0.39 is 18.2 Å². The van der Waals surface area contributed by atoms with Crippen molar-refractivity contribution in [1.29, 1.82) is 0 Å². The minimum atomic E-state index is -0.800. The van der Waals surface area contributed by atoms with Crippen molar-refractivity contribution in [3.8, 4) is 0 Å². The van der Waals surface area contributed by atoms with Gasteiger partial charge in [0.15, 0.2) is 0 Å². The third-order valence-electron chi connectivity index (χ3n) is 7.26. The smallest absolute Gasteiger partial charge is 0.409 e. The highest BCUT2D eigenvalue weighted by atomic mass is 19.1. The van der Waals surface area contributed by atoms with Gasteiger partial charge in [-0.25, -0.2) is 9.18 Å². The molecule has 1 aliphatic heterocycles. The summed E-state index contributed by atoms with van der Waals surface area (Å²) in [5.74, 6) is -0.590. The molecule has 0 radical (unpaired) electrons. The first-order valence-corrected chi connectivity index (χ1v) is 13.2. The third-order valence-corrected chi connectivity index (χ3v) is 7.26. The minimum Gasteiger partial charge on any atom is -0.448 e. The second-order valence-corrected chi connectivity index (χ2v) is 10.3. The molecule has 0 bridgehead atoms.